The van der Waals surface area contributed by atoms with Gasteiger partial charge in [-0.15, -0.1) is 0 Å². The van der Waals surface area contributed by atoms with Crippen LogP contribution in [0.25, 0.3) is 11.1 Å². The normalized spacial score (nSPS) is 11.0. The minimum Gasteiger partial charge on any atom is -0.478 e. The molecule has 0 atom stereocenters. The molecule has 0 saturated heterocycles. The van der Waals surface area contributed by atoms with Gasteiger partial charge in [0.2, 0.25) is 0 Å². The Morgan fingerprint density at radius 1 is 0.914 bits per heavy atom. The van der Waals surface area contributed by atoms with Crippen molar-refractivity contribution in [2.24, 2.45) is 7.05 Å². The van der Waals surface area contributed by atoms with Gasteiger partial charge in [0.05, 0.1) is 30.2 Å². The number of hydrogen-bond acceptors (Lipinski definition) is 3. The highest BCUT2D eigenvalue weighted by atomic mass is 16.5. The first-order valence-electron chi connectivity index (χ1n) is 12.1. The minimum absolute atomic E-state index is 0.312. The standard InChI is InChI=1S/C30H32N2O3/c1-3-4-14-28-27(29(32(2)31-28)21-35-20-23-10-6-5-7-11-23)19-22-15-17-24(18-16-22)25-12-8-9-13-26(25)30(33)34/h5-13,15-18H,3-4,14,19-21H2,1-2H3,(H,33,34). The molecule has 0 radical (unpaired) electrons. The molecule has 5 nitrogen and oxygen atoms in total. The zero-order chi connectivity index (χ0) is 24.6. The summed E-state index contributed by atoms with van der Waals surface area (Å²) in [5.41, 5.74) is 7.72. The van der Waals surface area contributed by atoms with Crippen molar-refractivity contribution in [3.63, 3.8) is 0 Å². The van der Waals surface area contributed by atoms with E-state index in [1.54, 1.807) is 12.1 Å². The number of ether oxygens (including phenoxy) is 1. The van der Waals surface area contributed by atoms with Crippen LogP contribution in [0.2, 0.25) is 0 Å². The molecule has 4 aromatic rings. The van der Waals surface area contributed by atoms with Crippen molar-refractivity contribution in [1.29, 1.82) is 0 Å². The number of carboxylic acid groups (broad SMARTS) is 1. The van der Waals surface area contributed by atoms with Gasteiger partial charge in [0.25, 0.3) is 0 Å². The fourth-order valence-corrected chi connectivity index (χ4v) is 4.36. The SMILES string of the molecule is CCCCc1nn(C)c(COCc2ccccc2)c1Cc1ccc(-c2ccccc2C(=O)O)cc1. The van der Waals surface area contributed by atoms with Crippen LogP contribution in [-0.2, 0) is 37.8 Å². The number of nitrogens with zero attached hydrogens (tertiary/aromatic N) is 2. The molecule has 0 aliphatic heterocycles. The number of rotatable bonds is 11. The molecular weight excluding hydrogens is 436 g/mol. The third kappa shape index (κ3) is 6.06. The fraction of sp³-hybridized carbons (Fsp3) is 0.267. The Balaban J connectivity index is 1.55. The van der Waals surface area contributed by atoms with Crippen molar-refractivity contribution in [2.45, 2.75) is 45.8 Å². The maximum atomic E-state index is 11.6. The van der Waals surface area contributed by atoms with Gasteiger partial charge in [0.15, 0.2) is 0 Å². The predicted molar refractivity (Wildman–Crippen MR) is 138 cm³/mol. The third-order valence-corrected chi connectivity index (χ3v) is 6.28. The van der Waals surface area contributed by atoms with Crippen LogP contribution >= 0.6 is 0 Å². The number of aryl methyl sites for hydroxylation is 2. The van der Waals surface area contributed by atoms with Gasteiger partial charge in [0, 0.05) is 19.0 Å². The van der Waals surface area contributed by atoms with Crippen LogP contribution in [0.3, 0.4) is 0 Å². The van der Waals surface area contributed by atoms with Gasteiger partial charge in [0.1, 0.15) is 0 Å². The van der Waals surface area contributed by atoms with Crippen LogP contribution in [0.5, 0.6) is 0 Å². The van der Waals surface area contributed by atoms with Crippen molar-refractivity contribution in [1.82, 2.24) is 9.78 Å². The third-order valence-electron chi connectivity index (χ3n) is 6.28. The number of carbonyl (C=O) groups is 1. The van der Waals surface area contributed by atoms with Gasteiger partial charge in [-0.05, 0) is 41.2 Å². The van der Waals surface area contributed by atoms with E-state index in [0.29, 0.717) is 18.8 Å². The molecule has 1 aromatic heterocycles. The molecule has 1 heterocycles. The molecule has 0 aliphatic carbocycles. The van der Waals surface area contributed by atoms with E-state index in [1.165, 1.54) is 5.56 Å². The lowest BCUT2D eigenvalue weighted by Crippen LogP contribution is -2.04. The Bertz CT molecular complexity index is 1260. The smallest absolute Gasteiger partial charge is 0.336 e. The van der Waals surface area contributed by atoms with Crippen LogP contribution in [-0.4, -0.2) is 20.9 Å². The fourth-order valence-electron chi connectivity index (χ4n) is 4.36. The lowest BCUT2D eigenvalue weighted by molar-refractivity contribution is 0.0697. The topological polar surface area (TPSA) is 64.4 Å². The summed E-state index contributed by atoms with van der Waals surface area (Å²) in [6.45, 7) is 3.26. The molecule has 180 valence electrons. The summed E-state index contributed by atoms with van der Waals surface area (Å²) in [7, 11) is 1.99. The second-order valence-corrected chi connectivity index (χ2v) is 8.80. The molecule has 0 unspecified atom stereocenters. The van der Waals surface area contributed by atoms with Crippen LogP contribution in [0.15, 0.2) is 78.9 Å². The molecule has 5 heteroatoms. The zero-order valence-electron chi connectivity index (χ0n) is 20.4. The minimum atomic E-state index is -0.916. The van der Waals surface area contributed by atoms with Crippen molar-refractivity contribution in [2.75, 3.05) is 0 Å². The second-order valence-electron chi connectivity index (χ2n) is 8.80. The number of aromatic carboxylic acids is 1. The van der Waals surface area contributed by atoms with Gasteiger partial charge >= 0.3 is 5.97 Å². The number of benzene rings is 3. The summed E-state index contributed by atoms with van der Waals surface area (Å²) in [6, 6.07) is 25.5. The van der Waals surface area contributed by atoms with Gasteiger partial charge < -0.3 is 9.84 Å². The monoisotopic (exact) mass is 468 g/mol. The van der Waals surface area contributed by atoms with E-state index in [9.17, 15) is 9.90 Å². The van der Waals surface area contributed by atoms with E-state index in [4.69, 9.17) is 9.84 Å². The molecule has 0 fully saturated rings. The van der Waals surface area contributed by atoms with Gasteiger partial charge in [-0.3, -0.25) is 4.68 Å². The summed E-state index contributed by atoms with van der Waals surface area (Å²) in [4.78, 5) is 11.6. The van der Waals surface area contributed by atoms with Crippen molar-refractivity contribution in [3.05, 3.63) is 113 Å². The number of carboxylic acids is 1. The highest BCUT2D eigenvalue weighted by Gasteiger charge is 2.17. The molecule has 1 N–H and O–H groups in total. The summed E-state index contributed by atoms with van der Waals surface area (Å²) < 4.78 is 8.04. The molecule has 0 aliphatic rings. The van der Waals surface area contributed by atoms with Crippen molar-refractivity contribution < 1.29 is 14.6 Å². The highest BCUT2D eigenvalue weighted by Crippen LogP contribution is 2.26. The summed E-state index contributed by atoms with van der Waals surface area (Å²) in [6.07, 6.45) is 3.92. The lowest BCUT2D eigenvalue weighted by Gasteiger charge is -2.11. The van der Waals surface area contributed by atoms with E-state index < -0.39 is 5.97 Å². The van der Waals surface area contributed by atoms with Crippen molar-refractivity contribution in [3.8, 4) is 11.1 Å². The van der Waals surface area contributed by atoms with E-state index in [-0.39, 0.29) is 0 Å². The maximum Gasteiger partial charge on any atom is 0.336 e. The largest absolute Gasteiger partial charge is 0.478 e. The van der Waals surface area contributed by atoms with E-state index in [1.807, 2.05) is 54.2 Å². The Kier molecular flexibility index (Phi) is 8.11. The first kappa shape index (κ1) is 24.4. The van der Waals surface area contributed by atoms with E-state index in [2.05, 4.69) is 31.2 Å². The van der Waals surface area contributed by atoms with Crippen molar-refractivity contribution >= 4 is 5.97 Å². The first-order valence-corrected chi connectivity index (χ1v) is 12.1. The number of aromatic nitrogens is 2. The molecule has 35 heavy (non-hydrogen) atoms. The van der Waals surface area contributed by atoms with Crippen LogP contribution in [0, 0.1) is 0 Å². The molecular formula is C30H32N2O3. The average Bonchev–Trinajstić information content (AvgIpc) is 3.17. The highest BCUT2D eigenvalue weighted by molar-refractivity contribution is 5.96. The van der Waals surface area contributed by atoms with Gasteiger partial charge in [-0.2, -0.15) is 5.10 Å². The van der Waals surface area contributed by atoms with Crippen LogP contribution in [0.4, 0.5) is 0 Å². The Morgan fingerprint density at radius 3 is 2.34 bits per heavy atom. The van der Waals surface area contributed by atoms with Crippen LogP contribution in [0.1, 0.15) is 58.2 Å². The summed E-state index contributed by atoms with van der Waals surface area (Å²) in [5, 5.41) is 14.4. The molecule has 0 spiro atoms. The Morgan fingerprint density at radius 2 is 1.63 bits per heavy atom. The Hall–Kier alpha value is -3.70. The molecule has 0 bridgehead atoms. The van der Waals surface area contributed by atoms with Gasteiger partial charge in [-0.25, -0.2) is 4.79 Å². The molecule has 3 aromatic carbocycles. The summed E-state index contributed by atoms with van der Waals surface area (Å²) in [5.74, 6) is -0.916. The van der Waals surface area contributed by atoms with E-state index in [0.717, 1.165) is 59.3 Å². The number of unbranched alkanes of at least 4 members (excludes halogenated alkanes) is 1. The van der Waals surface area contributed by atoms with Crippen LogP contribution < -0.4 is 0 Å². The lowest BCUT2D eigenvalue weighted by atomic mass is 9.96. The average molecular weight is 469 g/mol. The van der Waals surface area contributed by atoms with Gasteiger partial charge in [-0.1, -0.05) is 86.1 Å². The first-order chi connectivity index (χ1) is 17.1. The molecule has 0 amide bonds. The molecule has 0 saturated carbocycles. The molecule has 4 rings (SSSR count). The Labute approximate surface area is 207 Å². The van der Waals surface area contributed by atoms with E-state index >= 15 is 0 Å². The summed E-state index contributed by atoms with van der Waals surface area (Å²) >= 11 is 0. The predicted octanol–water partition coefficient (Wildman–Crippen LogP) is 6.44. The quantitative estimate of drug-likeness (QED) is 0.275. The zero-order valence-corrected chi connectivity index (χ0v) is 20.4. The number of hydrogen-bond donors (Lipinski definition) is 1. The maximum absolute atomic E-state index is 11.6. The second kappa shape index (κ2) is 11.6.